The molecule has 6 nitrogen and oxygen atoms in total. The molecular formula is C14H10FN5O. The van der Waals surface area contributed by atoms with Crippen LogP contribution in [0.1, 0.15) is 5.69 Å². The first-order valence-electron chi connectivity index (χ1n) is 6.34. The number of aromatic nitrogens is 4. The lowest BCUT2D eigenvalue weighted by atomic mass is 10.2. The molecule has 0 amide bonds. The van der Waals surface area contributed by atoms with Crippen LogP contribution in [0.3, 0.4) is 0 Å². The topological polar surface area (TPSA) is 79.6 Å². The maximum atomic E-state index is 14.0. The largest absolute Gasteiger partial charge is 0.353 e. The first kappa shape index (κ1) is 11.8. The zero-order valence-corrected chi connectivity index (χ0v) is 11.0. The number of benzene rings is 1. The van der Waals surface area contributed by atoms with Gasteiger partial charge in [-0.15, -0.1) is 0 Å². The zero-order valence-electron chi connectivity index (χ0n) is 11.0. The van der Waals surface area contributed by atoms with Crippen molar-refractivity contribution in [3.05, 3.63) is 42.0 Å². The van der Waals surface area contributed by atoms with Crippen molar-refractivity contribution >= 4 is 33.5 Å². The first-order valence-corrected chi connectivity index (χ1v) is 6.34. The number of rotatable bonds is 2. The van der Waals surface area contributed by atoms with Gasteiger partial charge in [-0.05, 0) is 25.1 Å². The summed E-state index contributed by atoms with van der Waals surface area (Å²) in [5, 5.41) is 15.3. The molecule has 0 spiro atoms. The molecule has 7 heteroatoms. The van der Waals surface area contributed by atoms with Crippen LogP contribution >= 0.6 is 0 Å². The van der Waals surface area contributed by atoms with Gasteiger partial charge in [-0.25, -0.2) is 9.37 Å². The summed E-state index contributed by atoms with van der Waals surface area (Å²) in [7, 11) is 0. The van der Waals surface area contributed by atoms with Crippen LogP contribution in [0.25, 0.3) is 22.0 Å². The molecule has 2 N–H and O–H groups in total. The number of hydrogen-bond acceptors (Lipinski definition) is 5. The molecule has 0 saturated heterocycles. The average Bonchev–Trinajstić information content (AvgIpc) is 3.05. The Morgan fingerprint density at radius 3 is 3.10 bits per heavy atom. The van der Waals surface area contributed by atoms with Gasteiger partial charge < -0.3 is 9.84 Å². The molecule has 21 heavy (non-hydrogen) atoms. The minimum absolute atomic E-state index is 0.159. The average molecular weight is 283 g/mol. The van der Waals surface area contributed by atoms with Gasteiger partial charge in [0.25, 0.3) is 0 Å². The third kappa shape index (κ3) is 1.82. The number of hydrogen-bond donors (Lipinski definition) is 2. The number of nitrogens with one attached hydrogen (secondary N) is 2. The molecule has 0 aliphatic carbocycles. The fraction of sp³-hybridized carbons (Fsp3) is 0.0714. The van der Waals surface area contributed by atoms with Crippen molar-refractivity contribution in [2.24, 2.45) is 0 Å². The van der Waals surface area contributed by atoms with Crippen LogP contribution < -0.4 is 5.32 Å². The zero-order chi connectivity index (χ0) is 14.4. The second kappa shape index (κ2) is 4.27. The van der Waals surface area contributed by atoms with E-state index in [0.717, 1.165) is 5.39 Å². The Morgan fingerprint density at radius 2 is 2.19 bits per heavy atom. The predicted molar refractivity (Wildman–Crippen MR) is 75.9 cm³/mol. The minimum atomic E-state index is -0.464. The number of halogens is 1. The standard InChI is InChI=1S/C14H10FN5O/c1-7-10-5-8(6-11(15)12(10)21-20-7)17-14-9-3-2-4-16-13(9)18-19-14/h2-6H,1H3,(H2,16,17,18,19). The third-order valence-electron chi connectivity index (χ3n) is 3.31. The van der Waals surface area contributed by atoms with Crippen molar-refractivity contribution in [2.75, 3.05) is 5.32 Å². The first-order chi connectivity index (χ1) is 10.2. The summed E-state index contributed by atoms with van der Waals surface area (Å²) >= 11 is 0. The van der Waals surface area contributed by atoms with Gasteiger partial charge in [0.1, 0.15) is 0 Å². The molecule has 0 aliphatic rings. The Hall–Kier alpha value is -2.96. The predicted octanol–water partition coefficient (Wildman–Crippen LogP) is 3.29. The molecule has 0 radical (unpaired) electrons. The van der Waals surface area contributed by atoms with Gasteiger partial charge in [0, 0.05) is 23.3 Å². The molecule has 0 aliphatic heterocycles. The number of H-pyrrole nitrogens is 1. The highest BCUT2D eigenvalue weighted by Crippen LogP contribution is 2.28. The lowest BCUT2D eigenvalue weighted by molar-refractivity contribution is 0.435. The molecule has 4 rings (SSSR count). The van der Waals surface area contributed by atoms with Crippen LogP contribution in [0.5, 0.6) is 0 Å². The summed E-state index contributed by atoms with van der Waals surface area (Å²) in [6.45, 7) is 1.77. The van der Waals surface area contributed by atoms with E-state index >= 15 is 0 Å². The molecule has 3 heterocycles. The van der Waals surface area contributed by atoms with Crippen LogP contribution in [-0.2, 0) is 0 Å². The highest BCUT2D eigenvalue weighted by molar-refractivity contribution is 5.90. The number of pyridine rings is 1. The van der Waals surface area contributed by atoms with E-state index < -0.39 is 5.82 Å². The molecule has 3 aromatic heterocycles. The van der Waals surface area contributed by atoms with E-state index in [0.29, 0.717) is 28.2 Å². The Balaban J connectivity index is 1.82. The van der Waals surface area contributed by atoms with E-state index in [4.69, 9.17) is 4.52 Å². The second-order valence-corrected chi connectivity index (χ2v) is 4.70. The van der Waals surface area contributed by atoms with E-state index in [2.05, 4.69) is 25.7 Å². The molecule has 0 saturated carbocycles. The maximum Gasteiger partial charge on any atom is 0.202 e. The molecular weight excluding hydrogens is 273 g/mol. The summed E-state index contributed by atoms with van der Waals surface area (Å²) in [6.07, 6.45) is 1.68. The number of aromatic amines is 1. The summed E-state index contributed by atoms with van der Waals surface area (Å²) in [6, 6.07) is 6.83. The Labute approximate surface area is 118 Å². The van der Waals surface area contributed by atoms with E-state index in [1.54, 1.807) is 19.2 Å². The van der Waals surface area contributed by atoms with Gasteiger partial charge in [-0.2, -0.15) is 5.10 Å². The molecule has 0 bridgehead atoms. The Bertz CT molecular complexity index is 958. The van der Waals surface area contributed by atoms with Crippen LogP contribution in [-0.4, -0.2) is 20.3 Å². The highest BCUT2D eigenvalue weighted by atomic mass is 19.1. The quantitative estimate of drug-likeness (QED) is 0.590. The summed E-state index contributed by atoms with van der Waals surface area (Å²) in [5.41, 5.74) is 2.04. The SMILES string of the molecule is Cc1noc2c(F)cc(Nc3n[nH]c4ncccc34)cc12. The number of fused-ring (bicyclic) bond motifs is 2. The molecule has 4 aromatic rings. The van der Waals surface area contributed by atoms with Gasteiger partial charge in [0.15, 0.2) is 17.3 Å². The van der Waals surface area contributed by atoms with E-state index in [1.807, 2.05) is 12.1 Å². The Morgan fingerprint density at radius 1 is 1.29 bits per heavy atom. The van der Waals surface area contributed by atoms with E-state index in [1.165, 1.54) is 6.07 Å². The maximum absolute atomic E-state index is 14.0. The van der Waals surface area contributed by atoms with Gasteiger partial charge in [0.05, 0.1) is 11.1 Å². The normalized spacial score (nSPS) is 11.3. The van der Waals surface area contributed by atoms with Crippen molar-refractivity contribution in [1.29, 1.82) is 0 Å². The number of anilines is 2. The molecule has 104 valence electrons. The fourth-order valence-corrected chi connectivity index (χ4v) is 2.28. The lowest BCUT2D eigenvalue weighted by Gasteiger charge is -2.04. The lowest BCUT2D eigenvalue weighted by Crippen LogP contribution is -1.92. The smallest absolute Gasteiger partial charge is 0.202 e. The summed E-state index contributed by atoms with van der Waals surface area (Å²) in [4.78, 5) is 4.16. The van der Waals surface area contributed by atoms with E-state index in [-0.39, 0.29) is 5.58 Å². The van der Waals surface area contributed by atoms with Crippen molar-refractivity contribution in [3.8, 4) is 0 Å². The Kier molecular flexibility index (Phi) is 2.41. The molecule has 0 atom stereocenters. The van der Waals surface area contributed by atoms with Crippen LogP contribution in [0, 0.1) is 12.7 Å². The van der Waals surface area contributed by atoms with E-state index in [9.17, 15) is 4.39 Å². The van der Waals surface area contributed by atoms with Crippen molar-refractivity contribution in [2.45, 2.75) is 6.92 Å². The van der Waals surface area contributed by atoms with Crippen molar-refractivity contribution < 1.29 is 8.91 Å². The monoisotopic (exact) mass is 283 g/mol. The van der Waals surface area contributed by atoms with Gasteiger partial charge in [-0.1, -0.05) is 5.16 Å². The fourth-order valence-electron chi connectivity index (χ4n) is 2.28. The number of aryl methyl sites for hydroxylation is 1. The number of nitrogens with zero attached hydrogens (tertiary/aromatic N) is 3. The highest BCUT2D eigenvalue weighted by Gasteiger charge is 2.13. The summed E-state index contributed by atoms with van der Waals surface area (Å²) in [5.74, 6) is 0.125. The van der Waals surface area contributed by atoms with Crippen molar-refractivity contribution in [1.82, 2.24) is 20.3 Å². The second-order valence-electron chi connectivity index (χ2n) is 4.70. The molecule has 0 unspecified atom stereocenters. The van der Waals surface area contributed by atoms with Gasteiger partial charge in [0.2, 0.25) is 5.58 Å². The third-order valence-corrected chi connectivity index (χ3v) is 3.31. The minimum Gasteiger partial charge on any atom is -0.353 e. The van der Waals surface area contributed by atoms with Crippen LogP contribution in [0.15, 0.2) is 35.0 Å². The molecule has 0 fully saturated rings. The van der Waals surface area contributed by atoms with Crippen LogP contribution in [0.4, 0.5) is 15.9 Å². The van der Waals surface area contributed by atoms with Gasteiger partial charge in [-0.3, -0.25) is 5.10 Å². The van der Waals surface area contributed by atoms with Crippen molar-refractivity contribution in [3.63, 3.8) is 0 Å². The van der Waals surface area contributed by atoms with Crippen LogP contribution in [0.2, 0.25) is 0 Å². The molecule has 1 aromatic carbocycles. The summed E-state index contributed by atoms with van der Waals surface area (Å²) < 4.78 is 18.9. The van der Waals surface area contributed by atoms with Gasteiger partial charge >= 0.3 is 0 Å².